The van der Waals surface area contributed by atoms with Crippen molar-refractivity contribution < 1.29 is 23.6 Å². The van der Waals surface area contributed by atoms with Crippen molar-refractivity contribution in [1.82, 2.24) is 10.1 Å². The maximum Gasteiger partial charge on any atom is 0.322 e. The molecule has 0 aliphatic carbocycles. The number of hydrogen-bond donors (Lipinski definition) is 2. The van der Waals surface area contributed by atoms with Crippen molar-refractivity contribution in [2.75, 3.05) is 37.9 Å². The van der Waals surface area contributed by atoms with Gasteiger partial charge in [-0.05, 0) is 25.5 Å². The number of urea groups is 1. The molecule has 3 amide bonds. The van der Waals surface area contributed by atoms with Crippen LogP contribution in [0.2, 0.25) is 0 Å². The van der Waals surface area contributed by atoms with E-state index >= 15 is 0 Å². The second-order valence-electron chi connectivity index (χ2n) is 6.14. The van der Waals surface area contributed by atoms with Crippen LogP contribution in [0.4, 0.5) is 16.3 Å². The lowest BCUT2D eigenvalue weighted by molar-refractivity contribution is -0.116. The van der Waals surface area contributed by atoms with E-state index in [0.717, 1.165) is 12.8 Å². The predicted octanol–water partition coefficient (Wildman–Crippen LogP) is 3.27. The van der Waals surface area contributed by atoms with Gasteiger partial charge in [0.05, 0.1) is 19.9 Å². The number of ether oxygens (including phenoxy) is 2. The van der Waals surface area contributed by atoms with Gasteiger partial charge in [0.15, 0.2) is 5.82 Å². The molecule has 2 aromatic rings. The largest absolute Gasteiger partial charge is 0.497 e. The number of aromatic nitrogens is 1. The zero-order valence-corrected chi connectivity index (χ0v) is 16.6. The first-order valence-corrected chi connectivity index (χ1v) is 8.98. The summed E-state index contributed by atoms with van der Waals surface area (Å²) < 4.78 is 15.4. The molecule has 0 bridgehead atoms. The van der Waals surface area contributed by atoms with Gasteiger partial charge >= 0.3 is 6.03 Å². The van der Waals surface area contributed by atoms with E-state index in [1.807, 2.05) is 6.92 Å². The van der Waals surface area contributed by atoms with Gasteiger partial charge < -0.3 is 29.5 Å². The van der Waals surface area contributed by atoms with Gasteiger partial charge in [-0.1, -0.05) is 18.5 Å². The molecule has 0 aliphatic rings. The van der Waals surface area contributed by atoms with Crippen molar-refractivity contribution in [3.05, 3.63) is 30.0 Å². The highest BCUT2D eigenvalue weighted by atomic mass is 16.5. The lowest BCUT2D eigenvalue weighted by atomic mass is 10.2. The number of carbonyl (C=O) groups is 2. The molecule has 1 heterocycles. The van der Waals surface area contributed by atoms with Crippen molar-refractivity contribution in [3.63, 3.8) is 0 Å². The summed E-state index contributed by atoms with van der Waals surface area (Å²) in [6, 6.07) is 6.28. The Morgan fingerprint density at radius 2 is 1.96 bits per heavy atom. The van der Waals surface area contributed by atoms with Crippen LogP contribution in [0.15, 0.2) is 28.8 Å². The first kappa shape index (κ1) is 21.1. The molecule has 2 N–H and O–H groups in total. The Kier molecular flexibility index (Phi) is 7.67. The average molecular weight is 390 g/mol. The minimum absolute atomic E-state index is 0.115. The van der Waals surface area contributed by atoms with E-state index in [4.69, 9.17) is 14.0 Å². The third-order valence-electron chi connectivity index (χ3n) is 3.95. The molecular formula is C19H26N4O5. The number of benzene rings is 1. The summed E-state index contributed by atoms with van der Waals surface area (Å²) in [7, 11) is 3.06. The fraction of sp³-hybridized carbons (Fsp3) is 0.421. The maximum absolute atomic E-state index is 12.7. The number of hydrogen-bond acceptors (Lipinski definition) is 6. The summed E-state index contributed by atoms with van der Waals surface area (Å²) in [5.41, 5.74) is 0.488. The van der Waals surface area contributed by atoms with Crippen molar-refractivity contribution in [3.8, 4) is 11.5 Å². The van der Waals surface area contributed by atoms with E-state index in [2.05, 4.69) is 15.8 Å². The summed E-state index contributed by atoms with van der Waals surface area (Å²) in [4.78, 5) is 26.5. The van der Waals surface area contributed by atoms with Gasteiger partial charge in [-0.25, -0.2) is 4.79 Å². The van der Waals surface area contributed by atoms with E-state index in [-0.39, 0.29) is 12.5 Å². The van der Waals surface area contributed by atoms with Crippen LogP contribution >= 0.6 is 0 Å². The van der Waals surface area contributed by atoms with Gasteiger partial charge in [-0.15, -0.1) is 0 Å². The van der Waals surface area contributed by atoms with Gasteiger partial charge in [0, 0.05) is 18.7 Å². The molecule has 0 radical (unpaired) electrons. The van der Waals surface area contributed by atoms with Crippen molar-refractivity contribution in [2.45, 2.75) is 26.7 Å². The molecular weight excluding hydrogens is 364 g/mol. The third kappa shape index (κ3) is 5.90. The van der Waals surface area contributed by atoms with Crippen LogP contribution in [0, 0.1) is 6.92 Å². The number of aryl methyl sites for hydroxylation is 1. The Hall–Kier alpha value is -3.23. The monoisotopic (exact) mass is 390 g/mol. The number of rotatable bonds is 9. The number of carbonyl (C=O) groups excluding carboxylic acids is 2. The molecule has 0 atom stereocenters. The van der Waals surface area contributed by atoms with Crippen LogP contribution in [0.5, 0.6) is 11.5 Å². The van der Waals surface area contributed by atoms with Gasteiger partial charge in [-0.2, -0.15) is 0 Å². The Labute approximate surface area is 164 Å². The highest BCUT2D eigenvalue weighted by Crippen LogP contribution is 2.29. The molecule has 2 rings (SSSR count). The Morgan fingerprint density at radius 1 is 1.18 bits per heavy atom. The topological polar surface area (TPSA) is 106 Å². The molecule has 0 spiro atoms. The predicted molar refractivity (Wildman–Crippen MR) is 105 cm³/mol. The van der Waals surface area contributed by atoms with E-state index < -0.39 is 6.03 Å². The van der Waals surface area contributed by atoms with E-state index in [1.54, 1.807) is 38.3 Å². The van der Waals surface area contributed by atoms with Crippen LogP contribution in [-0.4, -0.2) is 49.3 Å². The summed E-state index contributed by atoms with van der Waals surface area (Å²) in [6.07, 6.45) is 1.66. The zero-order chi connectivity index (χ0) is 20.5. The van der Waals surface area contributed by atoms with E-state index in [1.165, 1.54) is 12.0 Å². The van der Waals surface area contributed by atoms with Crippen LogP contribution in [0.25, 0.3) is 0 Å². The molecule has 1 aromatic heterocycles. The summed E-state index contributed by atoms with van der Waals surface area (Å²) in [5.74, 6) is 1.62. The highest BCUT2D eigenvalue weighted by molar-refractivity contribution is 5.97. The third-order valence-corrected chi connectivity index (χ3v) is 3.95. The molecule has 0 unspecified atom stereocenters. The van der Waals surface area contributed by atoms with Gasteiger partial charge in [0.2, 0.25) is 5.91 Å². The second kappa shape index (κ2) is 10.2. The average Bonchev–Trinajstić information content (AvgIpc) is 3.09. The molecule has 1 aromatic carbocycles. The van der Waals surface area contributed by atoms with Gasteiger partial charge in [0.25, 0.3) is 0 Å². The Bertz CT molecular complexity index is 805. The number of amides is 3. The Morgan fingerprint density at radius 3 is 2.57 bits per heavy atom. The molecule has 0 saturated carbocycles. The van der Waals surface area contributed by atoms with Crippen LogP contribution in [-0.2, 0) is 4.79 Å². The highest BCUT2D eigenvalue weighted by Gasteiger charge is 2.19. The number of anilines is 2. The van der Waals surface area contributed by atoms with Crippen LogP contribution in [0.1, 0.15) is 25.5 Å². The van der Waals surface area contributed by atoms with Crippen LogP contribution < -0.4 is 20.1 Å². The van der Waals surface area contributed by atoms with Crippen molar-refractivity contribution in [1.29, 1.82) is 0 Å². The zero-order valence-electron chi connectivity index (χ0n) is 16.6. The molecule has 0 saturated heterocycles. The summed E-state index contributed by atoms with van der Waals surface area (Å²) in [6.45, 7) is 4.06. The summed E-state index contributed by atoms with van der Waals surface area (Å²) >= 11 is 0. The van der Waals surface area contributed by atoms with E-state index in [9.17, 15) is 9.59 Å². The van der Waals surface area contributed by atoms with E-state index in [0.29, 0.717) is 35.3 Å². The van der Waals surface area contributed by atoms with Gasteiger partial charge in [-0.3, -0.25) is 4.79 Å². The lowest BCUT2D eigenvalue weighted by Gasteiger charge is -2.23. The molecule has 28 heavy (non-hydrogen) atoms. The quantitative estimate of drug-likeness (QED) is 0.681. The molecule has 152 valence electrons. The fourth-order valence-electron chi connectivity index (χ4n) is 2.48. The first-order valence-electron chi connectivity index (χ1n) is 8.98. The van der Waals surface area contributed by atoms with Crippen LogP contribution in [0.3, 0.4) is 0 Å². The summed E-state index contributed by atoms with van der Waals surface area (Å²) in [5, 5.41) is 9.13. The van der Waals surface area contributed by atoms with Gasteiger partial charge in [0.1, 0.15) is 23.8 Å². The van der Waals surface area contributed by atoms with Crippen molar-refractivity contribution >= 4 is 23.4 Å². The lowest BCUT2D eigenvalue weighted by Crippen LogP contribution is -2.41. The molecule has 9 nitrogen and oxygen atoms in total. The first-order chi connectivity index (χ1) is 13.5. The number of nitrogens with one attached hydrogen (secondary N) is 2. The number of nitrogens with zero attached hydrogens (tertiary/aromatic N) is 2. The smallest absolute Gasteiger partial charge is 0.322 e. The minimum atomic E-state index is -0.400. The van der Waals surface area contributed by atoms with Crippen molar-refractivity contribution in [2.24, 2.45) is 0 Å². The molecule has 0 aliphatic heterocycles. The fourth-order valence-corrected chi connectivity index (χ4v) is 2.48. The minimum Gasteiger partial charge on any atom is -0.497 e. The standard InChI is InChI=1S/C19H26N4O5/c1-5-6-9-23(12-18(24)21-17-10-13(2)28-22-17)19(25)20-15-8-7-14(26-3)11-16(15)27-4/h7-8,10-11H,5-6,9,12H2,1-4H3,(H,20,25)(H,21,22,24). The maximum atomic E-state index is 12.7. The second-order valence-corrected chi connectivity index (χ2v) is 6.14. The molecule has 9 heteroatoms. The molecule has 0 fully saturated rings. The SMILES string of the molecule is CCCCN(CC(=O)Nc1cc(C)on1)C(=O)Nc1ccc(OC)cc1OC. The number of methoxy groups -OCH3 is 2. The number of unbranched alkanes of at least 4 members (excludes halogenated alkanes) is 1. The normalized spacial score (nSPS) is 10.3. The Balaban J connectivity index is 2.06.